The predicted molar refractivity (Wildman–Crippen MR) is 71.8 cm³/mol. The van der Waals surface area contributed by atoms with Crippen LogP contribution >= 0.6 is 31.9 Å². The highest BCUT2D eigenvalue weighted by molar-refractivity contribution is 9.10. The Kier molecular flexibility index (Phi) is 3.86. The second-order valence-electron chi connectivity index (χ2n) is 3.19. The average molecular weight is 357 g/mol. The van der Waals surface area contributed by atoms with Crippen LogP contribution in [0.4, 0.5) is 5.82 Å². The summed E-state index contributed by atoms with van der Waals surface area (Å²) in [7, 11) is 0. The van der Waals surface area contributed by atoms with Crippen molar-refractivity contribution < 1.29 is 4.79 Å². The van der Waals surface area contributed by atoms with Crippen LogP contribution in [0.3, 0.4) is 0 Å². The van der Waals surface area contributed by atoms with Crippen LogP contribution in [0, 0.1) is 0 Å². The molecule has 0 radical (unpaired) electrons. The molecule has 86 valence electrons. The number of carbonyl (C=O) groups excluding carboxylic acids is 1. The number of pyridine rings is 2. The van der Waals surface area contributed by atoms with Crippen LogP contribution in [0.5, 0.6) is 0 Å². The third-order valence-corrected chi connectivity index (χ3v) is 2.90. The molecule has 4 nitrogen and oxygen atoms in total. The van der Waals surface area contributed by atoms with Gasteiger partial charge in [-0.25, -0.2) is 9.97 Å². The Bertz CT molecular complexity index is 525. The summed E-state index contributed by atoms with van der Waals surface area (Å²) in [5, 5.41) is 2.68. The number of nitrogens with zero attached hydrogens (tertiary/aromatic N) is 2. The van der Waals surface area contributed by atoms with E-state index in [9.17, 15) is 4.79 Å². The lowest BCUT2D eigenvalue weighted by Gasteiger charge is -2.03. The summed E-state index contributed by atoms with van der Waals surface area (Å²) in [6, 6.07) is 6.92. The highest BCUT2D eigenvalue weighted by Gasteiger charge is 2.06. The number of aromatic nitrogens is 2. The van der Waals surface area contributed by atoms with Crippen molar-refractivity contribution in [3.05, 3.63) is 51.3 Å². The standard InChI is InChI=1S/C11H7Br2N3O/c12-8-2-4-10(15-6-8)16-11(17)7-1-3-9(13)14-5-7/h1-6H,(H,15,16,17). The van der Waals surface area contributed by atoms with Crippen LogP contribution in [0.15, 0.2) is 45.7 Å². The van der Waals surface area contributed by atoms with Gasteiger partial charge in [-0.2, -0.15) is 0 Å². The fraction of sp³-hybridized carbons (Fsp3) is 0. The van der Waals surface area contributed by atoms with Crippen LogP contribution in [0.2, 0.25) is 0 Å². The van der Waals surface area contributed by atoms with Crippen molar-refractivity contribution in [2.45, 2.75) is 0 Å². The molecule has 0 atom stereocenters. The first kappa shape index (κ1) is 12.2. The fourth-order valence-electron chi connectivity index (χ4n) is 1.15. The Morgan fingerprint density at radius 2 is 1.88 bits per heavy atom. The maximum Gasteiger partial charge on any atom is 0.258 e. The van der Waals surface area contributed by atoms with Gasteiger partial charge in [-0.3, -0.25) is 4.79 Å². The lowest BCUT2D eigenvalue weighted by Crippen LogP contribution is -2.12. The zero-order valence-electron chi connectivity index (χ0n) is 8.52. The molecule has 0 saturated carbocycles. The van der Waals surface area contributed by atoms with Crippen LogP contribution in [-0.4, -0.2) is 15.9 Å². The quantitative estimate of drug-likeness (QED) is 0.840. The predicted octanol–water partition coefficient (Wildman–Crippen LogP) is 3.25. The Morgan fingerprint density at radius 3 is 2.47 bits per heavy atom. The number of carbonyl (C=O) groups is 1. The molecule has 1 amide bonds. The second kappa shape index (κ2) is 5.37. The van der Waals surface area contributed by atoms with Gasteiger partial charge in [0.2, 0.25) is 0 Å². The first-order chi connectivity index (χ1) is 8.15. The number of anilines is 1. The maximum atomic E-state index is 11.8. The summed E-state index contributed by atoms with van der Waals surface area (Å²) < 4.78 is 1.55. The number of rotatable bonds is 2. The summed E-state index contributed by atoms with van der Waals surface area (Å²) in [5.74, 6) is 0.265. The molecule has 0 aliphatic carbocycles. The van der Waals surface area contributed by atoms with E-state index >= 15 is 0 Å². The minimum Gasteiger partial charge on any atom is -0.307 e. The molecular formula is C11H7Br2N3O. The molecular weight excluding hydrogens is 350 g/mol. The summed E-state index contributed by atoms with van der Waals surface area (Å²) in [6.45, 7) is 0. The van der Waals surface area contributed by atoms with Crippen molar-refractivity contribution in [3.63, 3.8) is 0 Å². The van der Waals surface area contributed by atoms with E-state index in [2.05, 4.69) is 47.1 Å². The molecule has 0 bridgehead atoms. The highest BCUT2D eigenvalue weighted by atomic mass is 79.9. The number of halogens is 2. The molecule has 0 aliphatic heterocycles. The van der Waals surface area contributed by atoms with Crippen LogP contribution < -0.4 is 5.32 Å². The lowest BCUT2D eigenvalue weighted by atomic mass is 10.3. The molecule has 0 unspecified atom stereocenters. The highest BCUT2D eigenvalue weighted by Crippen LogP contribution is 2.12. The number of hydrogen-bond acceptors (Lipinski definition) is 3. The van der Waals surface area contributed by atoms with Crippen molar-refractivity contribution in [2.75, 3.05) is 5.32 Å². The van der Waals surface area contributed by atoms with Gasteiger partial charge in [0, 0.05) is 16.9 Å². The van der Waals surface area contributed by atoms with Gasteiger partial charge in [-0.1, -0.05) is 0 Å². The summed E-state index contributed by atoms with van der Waals surface area (Å²) in [6.07, 6.45) is 3.12. The summed E-state index contributed by atoms with van der Waals surface area (Å²) in [5.41, 5.74) is 0.484. The molecule has 0 fully saturated rings. The van der Waals surface area contributed by atoms with Gasteiger partial charge in [0.25, 0.3) is 5.91 Å². The zero-order valence-corrected chi connectivity index (χ0v) is 11.7. The molecule has 2 aromatic rings. The number of nitrogens with one attached hydrogen (secondary N) is 1. The van der Waals surface area contributed by atoms with E-state index in [1.807, 2.05) is 6.07 Å². The monoisotopic (exact) mass is 355 g/mol. The SMILES string of the molecule is O=C(Nc1ccc(Br)cn1)c1ccc(Br)nc1. The Hall–Kier alpha value is -1.27. The maximum absolute atomic E-state index is 11.8. The van der Waals surface area contributed by atoms with Gasteiger partial charge in [-0.05, 0) is 56.1 Å². The fourth-order valence-corrected chi connectivity index (χ4v) is 1.62. The van der Waals surface area contributed by atoms with E-state index in [1.165, 1.54) is 6.20 Å². The minimum atomic E-state index is -0.236. The van der Waals surface area contributed by atoms with Crippen LogP contribution in [0.1, 0.15) is 10.4 Å². The molecule has 2 rings (SSSR count). The molecule has 2 aromatic heterocycles. The normalized spacial score (nSPS) is 10.0. The van der Waals surface area contributed by atoms with Gasteiger partial charge in [0.1, 0.15) is 10.4 Å². The van der Waals surface area contributed by atoms with E-state index in [1.54, 1.807) is 24.4 Å². The molecule has 1 N–H and O–H groups in total. The number of amides is 1. The first-order valence-electron chi connectivity index (χ1n) is 4.69. The van der Waals surface area contributed by atoms with Crippen molar-refractivity contribution in [1.29, 1.82) is 0 Å². The third-order valence-electron chi connectivity index (χ3n) is 1.96. The van der Waals surface area contributed by atoms with E-state index < -0.39 is 0 Å². The van der Waals surface area contributed by atoms with E-state index in [0.717, 1.165) is 4.47 Å². The molecule has 6 heteroatoms. The zero-order chi connectivity index (χ0) is 12.3. The van der Waals surface area contributed by atoms with Gasteiger partial charge in [0.15, 0.2) is 0 Å². The molecule has 2 heterocycles. The molecule has 0 aromatic carbocycles. The topological polar surface area (TPSA) is 54.9 Å². The Morgan fingerprint density at radius 1 is 1.06 bits per heavy atom. The van der Waals surface area contributed by atoms with E-state index in [4.69, 9.17) is 0 Å². The van der Waals surface area contributed by atoms with Gasteiger partial charge in [0.05, 0.1) is 5.56 Å². The van der Waals surface area contributed by atoms with Gasteiger partial charge in [-0.15, -0.1) is 0 Å². The van der Waals surface area contributed by atoms with E-state index in [0.29, 0.717) is 16.0 Å². The summed E-state index contributed by atoms with van der Waals surface area (Å²) >= 11 is 6.48. The molecule has 17 heavy (non-hydrogen) atoms. The average Bonchev–Trinajstić information content (AvgIpc) is 2.33. The molecule has 0 spiro atoms. The first-order valence-corrected chi connectivity index (χ1v) is 6.28. The molecule has 0 saturated heterocycles. The van der Waals surface area contributed by atoms with Crippen molar-refractivity contribution in [1.82, 2.24) is 9.97 Å². The Labute approximate surface area is 115 Å². The van der Waals surface area contributed by atoms with Crippen LogP contribution in [-0.2, 0) is 0 Å². The smallest absolute Gasteiger partial charge is 0.258 e. The van der Waals surface area contributed by atoms with Crippen LogP contribution in [0.25, 0.3) is 0 Å². The molecule has 0 aliphatic rings. The van der Waals surface area contributed by atoms with Gasteiger partial charge < -0.3 is 5.32 Å². The van der Waals surface area contributed by atoms with Crippen molar-refractivity contribution in [3.8, 4) is 0 Å². The lowest BCUT2D eigenvalue weighted by molar-refractivity contribution is 0.102. The minimum absolute atomic E-state index is 0.236. The van der Waals surface area contributed by atoms with Gasteiger partial charge >= 0.3 is 0 Å². The largest absolute Gasteiger partial charge is 0.307 e. The van der Waals surface area contributed by atoms with E-state index in [-0.39, 0.29) is 5.91 Å². The summed E-state index contributed by atoms with van der Waals surface area (Å²) in [4.78, 5) is 19.8. The van der Waals surface area contributed by atoms with Crippen molar-refractivity contribution >= 4 is 43.6 Å². The second-order valence-corrected chi connectivity index (χ2v) is 4.91. The van der Waals surface area contributed by atoms with Crippen molar-refractivity contribution in [2.24, 2.45) is 0 Å². The number of hydrogen-bond donors (Lipinski definition) is 1. The Balaban J connectivity index is 2.11. The third kappa shape index (κ3) is 3.34.